The van der Waals surface area contributed by atoms with Crippen LogP contribution in [-0.2, 0) is 0 Å². The number of hydrogen-bond acceptors (Lipinski definition) is 4. The zero-order valence-electron chi connectivity index (χ0n) is 8.89. The molecule has 0 fully saturated rings. The van der Waals surface area contributed by atoms with Crippen LogP contribution in [0.15, 0.2) is 54.6 Å². The molecule has 2 aromatic carbocycles. The van der Waals surface area contributed by atoms with E-state index in [-0.39, 0.29) is 11.5 Å². The third-order valence-electron chi connectivity index (χ3n) is 2.18. The lowest BCUT2D eigenvalue weighted by molar-refractivity contribution is 0.343. The predicted octanol–water partition coefficient (Wildman–Crippen LogP) is 1.84. The van der Waals surface area contributed by atoms with Gasteiger partial charge in [0.1, 0.15) is 0 Å². The lowest BCUT2D eigenvalue weighted by Gasteiger charge is -2.11. The Hall–Kier alpha value is -1.61. The molecule has 0 aromatic heterocycles. The summed E-state index contributed by atoms with van der Waals surface area (Å²) in [4.78, 5) is 19.8. The third kappa shape index (κ3) is 2.74. The summed E-state index contributed by atoms with van der Waals surface area (Å²) in [7, 11) is -3.70. The van der Waals surface area contributed by atoms with E-state index in [0.717, 1.165) is 0 Å². The molecule has 17 heavy (non-hydrogen) atoms. The standard InChI is InChI=1S/C12H11O4P/c13-11-8-4-5-9-12(11)16-17(14,15)10-6-2-1-3-7-10/h1-9,14-15H/p+1. The molecular weight excluding hydrogens is 239 g/mol. The molecule has 0 saturated carbocycles. The summed E-state index contributed by atoms with van der Waals surface area (Å²) >= 11 is 0. The minimum Gasteiger partial charge on any atom is -0.504 e. The monoisotopic (exact) mass is 251 g/mol. The molecule has 0 radical (unpaired) electrons. The average Bonchev–Trinajstić information content (AvgIpc) is 2.33. The summed E-state index contributed by atoms with van der Waals surface area (Å²) in [6, 6.07) is 14.4. The van der Waals surface area contributed by atoms with Gasteiger partial charge in [0.05, 0.1) is 0 Å². The van der Waals surface area contributed by atoms with Crippen molar-refractivity contribution < 1.29 is 19.4 Å². The van der Waals surface area contributed by atoms with Crippen LogP contribution in [0, 0.1) is 0 Å². The van der Waals surface area contributed by atoms with Gasteiger partial charge < -0.3 is 5.11 Å². The SMILES string of the molecule is Oc1ccccc1O[P+](O)(O)c1ccccc1. The van der Waals surface area contributed by atoms with Crippen molar-refractivity contribution in [3.8, 4) is 11.5 Å². The van der Waals surface area contributed by atoms with Gasteiger partial charge in [0.2, 0.25) is 5.75 Å². The van der Waals surface area contributed by atoms with Crippen molar-refractivity contribution in [3.05, 3.63) is 54.6 Å². The summed E-state index contributed by atoms with van der Waals surface area (Å²) in [5, 5.41) is 9.79. The van der Waals surface area contributed by atoms with Crippen LogP contribution >= 0.6 is 7.94 Å². The fourth-order valence-electron chi connectivity index (χ4n) is 1.35. The minimum absolute atomic E-state index is 0.0506. The molecular formula is C12H12O4P+. The first-order chi connectivity index (χ1) is 8.09. The van der Waals surface area contributed by atoms with Crippen LogP contribution in [0.1, 0.15) is 0 Å². The number of rotatable bonds is 3. The van der Waals surface area contributed by atoms with Crippen molar-refractivity contribution in [1.29, 1.82) is 0 Å². The maximum Gasteiger partial charge on any atom is 0.487 e. The maximum atomic E-state index is 9.90. The number of hydrogen-bond donors (Lipinski definition) is 3. The zero-order valence-corrected chi connectivity index (χ0v) is 9.79. The van der Waals surface area contributed by atoms with Crippen molar-refractivity contribution in [2.75, 3.05) is 0 Å². The molecule has 0 spiro atoms. The third-order valence-corrected chi connectivity index (χ3v) is 3.61. The van der Waals surface area contributed by atoms with Gasteiger partial charge >= 0.3 is 7.94 Å². The quantitative estimate of drug-likeness (QED) is 0.728. The van der Waals surface area contributed by atoms with E-state index < -0.39 is 7.94 Å². The van der Waals surface area contributed by atoms with E-state index in [1.54, 1.807) is 42.5 Å². The zero-order chi connectivity index (χ0) is 12.3. The lowest BCUT2D eigenvalue weighted by atomic mass is 10.3. The van der Waals surface area contributed by atoms with Crippen LogP contribution < -0.4 is 9.83 Å². The second-order valence-electron chi connectivity index (χ2n) is 3.44. The minimum atomic E-state index is -3.70. The van der Waals surface area contributed by atoms with Crippen LogP contribution in [0.4, 0.5) is 0 Å². The fourth-order valence-corrected chi connectivity index (χ4v) is 2.44. The van der Waals surface area contributed by atoms with Gasteiger partial charge in [-0.15, -0.1) is 0 Å². The Labute approximate surface area is 99.3 Å². The second-order valence-corrected chi connectivity index (χ2v) is 5.23. The van der Waals surface area contributed by atoms with Crippen molar-refractivity contribution in [1.82, 2.24) is 0 Å². The van der Waals surface area contributed by atoms with Crippen LogP contribution in [-0.4, -0.2) is 14.9 Å². The van der Waals surface area contributed by atoms with Crippen LogP contribution in [0.25, 0.3) is 0 Å². The van der Waals surface area contributed by atoms with Gasteiger partial charge in [0.25, 0.3) is 0 Å². The highest BCUT2D eigenvalue weighted by Crippen LogP contribution is 2.51. The van der Waals surface area contributed by atoms with E-state index in [0.29, 0.717) is 5.30 Å². The smallest absolute Gasteiger partial charge is 0.487 e. The van der Waals surface area contributed by atoms with E-state index in [9.17, 15) is 14.9 Å². The molecule has 0 aliphatic heterocycles. The largest absolute Gasteiger partial charge is 0.504 e. The Morgan fingerprint density at radius 2 is 1.41 bits per heavy atom. The molecule has 88 valence electrons. The van der Waals surface area contributed by atoms with Crippen molar-refractivity contribution in [3.63, 3.8) is 0 Å². The Morgan fingerprint density at radius 3 is 2.06 bits per heavy atom. The van der Waals surface area contributed by atoms with Crippen molar-refractivity contribution >= 4 is 13.2 Å². The van der Waals surface area contributed by atoms with Gasteiger partial charge in [0, 0.05) is 0 Å². The molecule has 0 aliphatic carbocycles. The predicted molar refractivity (Wildman–Crippen MR) is 66.2 cm³/mol. The Bertz CT molecular complexity index is 499. The molecule has 0 amide bonds. The van der Waals surface area contributed by atoms with Crippen molar-refractivity contribution in [2.45, 2.75) is 0 Å². The van der Waals surface area contributed by atoms with E-state index in [1.165, 1.54) is 12.1 Å². The number of phenols is 1. The molecule has 2 aromatic rings. The maximum absolute atomic E-state index is 9.90. The topological polar surface area (TPSA) is 69.9 Å². The highest BCUT2D eigenvalue weighted by Gasteiger charge is 2.41. The van der Waals surface area contributed by atoms with Crippen LogP contribution in [0.2, 0.25) is 0 Å². The Balaban J connectivity index is 2.27. The molecule has 0 atom stereocenters. The first kappa shape index (κ1) is 11.9. The molecule has 4 nitrogen and oxygen atoms in total. The number of benzene rings is 2. The first-order valence-electron chi connectivity index (χ1n) is 4.97. The van der Waals surface area contributed by atoms with E-state index in [4.69, 9.17) is 4.52 Å². The molecule has 0 aliphatic rings. The van der Waals surface area contributed by atoms with Gasteiger partial charge in [-0.1, -0.05) is 30.3 Å². The van der Waals surface area contributed by atoms with Gasteiger partial charge in [-0.3, -0.25) is 4.52 Å². The number of para-hydroxylation sites is 2. The molecule has 0 saturated heterocycles. The van der Waals surface area contributed by atoms with Crippen LogP contribution in [0.5, 0.6) is 11.5 Å². The van der Waals surface area contributed by atoms with E-state index in [2.05, 4.69) is 0 Å². The second kappa shape index (κ2) is 4.72. The van der Waals surface area contributed by atoms with Gasteiger partial charge in [-0.2, -0.15) is 9.79 Å². The lowest BCUT2D eigenvalue weighted by Crippen LogP contribution is -2.14. The highest BCUT2D eigenvalue weighted by atomic mass is 31.2. The van der Waals surface area contributed by atoms with Crippen molar-refractivity contribution in [2.24, 2.45) is 0 Å². The molecule has 0 heterocycles. The highest BCUT2D eigenvalue weighted by molar-refractivity contribution is 7.68. The summed E-state index contributed by atoms with van der Waals surface area (Å²) in [5.74, 6) is -0.0782. The van der Waals surface area contributed by atoms with Gasteiger partial charge in [0.15, 0.2) is 11.1 Å². The molecule has 2 rings (SSSR count). The molecule has 5 heteroatoms. The van der Waals surface area contributed by atoms with E-state index >= 15 is 0 Å². The summed E-state index contributed by atoms with van der Waals surface area (Å²) < 4.78 is 5.09. The Morgan fingerprint density at radius 1 is 0.824 bits per heavy atom. The van der Waals surface area contributed by atoms with Gasteiger partial charge in [-0.25, -0.2) is 0 Å². The average molecular weight is 251 g/mol. The summed E-state index contributed by atoms with van der Waals surface area (Å²) in [6.07, 6.45) is 0. The summed E-state index contributed by atoms with van der Waals surface area (Å²) in [5.41, 5.74) is 0. The fraction of sp³-hybridized carbons (Fsp3) is 0. The molecule has 0 unspecified atom stereocenters. The summed E-state index contributed by atoms with van der Waals surface area (Å²) in [6.45, 7) is 0. The van der Waals surface area contributed by atoms with Gasteiger partial charge in [-0.05, 0) is 24.3 Å². The normalized spacial score (nSPS) is 11.2. The number of aromatic hydroxyl groups is 1. The Kier molecular flexibility index (Phi) is 3.29. The van der Waals surface area contributed by atoms with E-state index in [1.807, 2.05) is 0 Å². The first-order valence-corrected chi connectivity index (χ1v) is 6.58. The molecule has 3 N–H and O–H groups in total. The van der Waals surface area contributed by atoms with Crippen LogP contribution in [0.3, 0.4) is 0 Å². The molecule has 0 bridgehead atoms. The number of phenolic OH excluding ortho intramolecular Hbond substituents is 1.